The first-order valence-electron chi connectivity index (χ1n) is 10.6. The van der Waals surface area contributed by atoms with E-state index in [4.69, 9.17) is 9.47 Å². The molecule has 0 saturated carbocycles. The Kier molecular flexibility index (Phi) is 8.10. The number of anilines is 3. The Hall–Kier alpha value is -3.77. The lowest BCUT2D eigenvalue weighted by atomic mass is 10.2. The highest BCUT2D eigenvalue weighted by Crippen LogP contribution is 2.31. The number of carbonyl (C=O) groups is 1. The standard InChI is InChI=1S/C24H27N3O7S2/c1-17-6-5-7-19(14-17)27(35(4,29)30)16-24(28)25-18-8-11-21(12-9-18)36(31,32)26-22-15-20(33-2)10-13-23(22)34-3/h5-15,26H,16H2,1-4H3,(H,25,28). The van der Waals surface area contributed by atoms with Crippen LogP contribution in [0.25, 0.3) is 0 Å². The summed E-state index contributed by atoms with van der Waals surface area (Å²) < 4.78 is 64.1. The second-order valence-electron chi connectivity index (χ2n) is 7.85. The summed E-state index contributed by atoms with van der Waals surface area (Å²) in [7, 11) is -4.82. The number of hydrogen-bond donors (Lipinski definition) is 2. The number of methoxy groups -OCH3 is 2. The van der Waals surface area contributed by atoms with E-state index in [1.54, 1.807) is 30.3 Å². The molecule has 1 amide bonds. The molecular formula is C24H27N3O7S2. The molecular weight excluding hydrogens is 506 g/mol. The van der Waals surface area contributed by atoms with Crippen LogP contribution in [0.3, 0.4) is 0 Å². The van der Waals surface area contributed by atoms with Crippen LogP contribution in [0.15, 0.2) is 71.6 Å². The zero-order valence-electron chi connectivity index (χ0n) is 20.2. The summed E-state index contributed by atoms with van der Waals surface area (Å²) in [6.07, 6.45) is 1.02. The van der Waals surface area contributed by atoms with Crippen molar-refractivity contribution in [3.8, 4) is 11.5 Å². The molecule has 0 unspecified atom stereocenters. The van der Waals surface area contributed by atoms with E-state index in [1.807, 2.05) is 13.0 Å². The molecule has 0 atom stereocenters. The van der Waals surface area contributed by atoms with Gasteiger partial charge in [0.2, 0.25) is 15.9 Å². The molecule has 2 N–H and O–H groups in total. The van der Waals surface area contributed by atoms with E-state index in [2.05, 4.69) is 10.0 Å². The van der Waals surface area contributed by atoms with Crippen molar-refractivity contribution in [3.63, 3.8) is 0 Å². The molecule has 0 bridgehead atoms. The molecule has 0 aliphatic heterocycles. The zero-order valence-corrected chi connectivity index (χ0v) is 21.8. The van der Waals surface area contributed by atoms with E-state index in [0.29, 0.717) is 22.9 Å². The molecule has 3 aromatic rings. The summed E-state index contributed by atoms with van der Waals surface area (Å²) in [4.78, 5) is 12.6. The molecule has 192 valence electrons. The van der Waals surface area contributed by atoms with Crippen LogP contribution in [0.1, 0.15) is 5.56 Å². The van der Waals surface area contributed by atoms with E-state index >= 15 is 0 Å². The monoisotopic (exact) mass is 533 g/mol. The van der Waals surface area contributed by atoms with Gasteiger partial charge in [0, 0.05) is 11.8 Å². The van der Waals surface area contributed by atoms with Crippen molar-refractivity contribution in [2.75, 3.05) is 41.4 Å². The number of benzene rings is 3. The van der Waals surface area contributed by atoms with E-state index in [1.165, 1.54) is 44.6 Å². The van der Waals surface area contributed by atoms with Gasteiger partial charge in [0.25, 0.3) is 10.0 Å². The summed E-state index contributed by atoms with van der Waals surface area (Å²) in [5, 5.41) is 2.59. The van der Waals surface area contributed by atoms with Crippen LogP contribution in [0.5, 0.6) is 11.5 Å². The van der Waals surface area contributed by atoms with Gasteiger partial charge in [-0.3, -0.25) is 13.8 Å². The highest BCUT2D eigenvalue weighted by atomic mass is 32.2. The molecule has 3 rings (SSSR count). The van der Waals surface area contributed by atoms with Gasteiger partial charge in [0.15, 0.2) is 0 Å². The van der Waals surface area contributed by atoms with Gasteiger partial charge in [-0.1, -0.05) is 12.1 Å². The van der Waals surface area contributed by atoms with Gasteiger partial charge in [0.05, 0.1) is 36.7 Å². The van der Waals surface area contributed by atoms with Gasteiger partial charge >= 0.3 is 0 Å². The van der Waals surface area contributed by atoms with E-state index in [9.17, 15) is 21.6 Å². The molecule has 0 saturated heterocycles. The predicted octanol–water partition coefficient (Wildman–Crippen LogP) is 3.22. The Morgan fingerprint density at radius 2 is 1.61 bits per heavy atom. The summed E-state index contributed by atoms with van der Waals surface area (Å²) in [6.45, 7) is 1.37. The van der Waals surface area contributed by atoms with Gasteiger partial charge < -0.3 is 14.8 Å². The Morgan fingerprint density at radius 3 is 2.19 bits per heavy atom. The first-order chi connectivity index (χ1) is 16.9. The number of rotatable bonds is 10. The molecule has 0 spiro atoms. The van der Waals surface area contributed by atoms with E-state index in [0.717, 1.165) is 16.1 Å². The zero-order chi connectivity index (χ0) is 26.5. The minimum atomic E-state index is -3.98. The molecule has 36 heavy (non-hydrogen) atoms. The Labute approximate surface area is 211 Å². The normalized spacial score (nSPS) is 11.4. The average Bonchev–Trinajstić information content (AvgIpc) is 2.82. The van der Waals surface area contributed by atoms with Gasteiger partial charge in [-0.2, -0.15) is 0 Å². The summed E-state index contributed by atoms with van der Waals surface area (Å²) >= 11 is 0. The quantitative estimate of drug-likeness (QED) is 0.409. The maximum absolute atomic E-state index is 12.9. The predicted molar refractivity (Wildman–Crippen MR) is 139 cm³/mol. The fraction of sp³-hybridized carbons (Fsp3) is 0.208. The lowest BCUT2D eigenvalue weighted by Crippen LogP contribution is -2.37. The highest BCUT2D eigenvalue weighted by Gasteiger charge is 2.22. The Bertz CT molecular complexity index is 1460. The van der Waals surface area contributed by atoms with Crippen LogP contribution in [-0.2, 0) is 24.8 Å². The lowest BCUT2D eigenvalue weighted by Gasteiger charge is -2.22. The maximum atomic E-state index is 12.9. The molecule has 0 heterocycles. The molecule has 0 aliphatic carbocycles. The summed E-state index contributed by atoms with van der Waals surface area (Å²) in [6, 6.07) is 17.0. The van der Waals surface area contributed by atoms with Crippen molar-refractivity contribution in [2.45, 2.75) is 11.8 Å². The smallest absolute Gasteiger partial charge is 0.262 e. The van der Waals surface area contributed by atoms with Crippen LogP contribution in [0, 0.1) is 6.92 Å². The molecule has 3 aromatic carbocycles. The molecule has 10 nitrogen and oxygen atoms in total. The number of nitrogens with one attached hydrogen (secondary N) is 2. The number of nitrogens with zero attached hydrogens (tertiary/aromatic N) is 1. The van der Waals surface area contributed by atoms with Crippen molar-refractivity contribution < 1.29 is 31.1 Å². The second-order valence-corrected chi connectivity index (χ2v) is 11.4. The SMILES string of the molecule is COc1ccc(OC)c(NS(=O)(=O)c2ccc(NC(=O)CN(c3cccc(C)c3)S(C)(=O)=O)cc2)c1. The number of aryl methyl sites for hydroxylation is 1. The van der Waals surface area contributed by atoms with Crippen LogP contribution in [0.4, 0.5) is 17.1 Å². The molecule has 12 heteroatoms. The van der Waals surface area contributed by atoms with Gasteiger partial charge in [-0.15, -0.1) is 0 Å². The van der Waals surface area contributed by atoms with Gasteiger partial charge in [-0.25, -0.2) is 16.8 Å². The Balaban J connectivity index is 1.74. The second kappa shape index (κ2) is 10.9. The highest BCUT2D eigenvalue weighted by molar-refractivity contribution is 7.92. The average molecular weight is 534 g/mol. The number of sulfonamides is 2. The third-order valence-corrected chi connectivity index (χ3v) is 7.60. The van der Waals surface area contributed by atoms with Crippen molar-refractivity contribution >= 4 is 43.0 Å². The molecule has 0 radical (unpaired) electrons. The first kappa shape index (κ1) is 26.8. The fourth-order valence-electron chi connectivity index (χ4n) is 3.33. The van der Waals surface area contributed by atoms with E-state index < -0.39 is 32.5 Å². The third-order valence-electron chi connectivity index (χ3n) is 5.08. The topological polar surface area (TPSA) is 131 Å². The molecule has 0 aromatic heterocycles. The maximum Gasteiger partial charge on any atom is 0.262 e. The van der Waals surface area contributed by atoms with Crippen molar-refractivity contribution in [1.29, 1.82) is 0 Å². The number of ether oxygens (including phenoxy) is 2. The van der Waals surface area contributed by atoms with Crippen molar-refractivity contribution in [2.24, 2.45) is 0 Å². The summed E-state index contributed by atoms with van der Waals surface area (Å²) in [5.74, 6) is 0.171. The minimum Gasteiger partial charge on any atom is -0.497 e. The third kappa shape index (κ3) is 6.67. The molecule has 0 fully saturated rings. The molecule has 0 aliphatic rings. The minimum absolute atomic E-state index is 0.0529. The van der Waals surface area contributed by atoms with Crippen LogP contribution >= 0.6 is 0 Å². The largest absolute Gasteiger partial charge is 0.497 e. The van der Waals surface area contributed by atoms with E-state index in [-0.39, 0.29) is 10.6 Å². The van der Waals surface area contributed by atoms with Gasteiger partial charge in [-0.05, 0) is 61.0 Å². The van der Waals surface area contributed by atoms with Crippen LogP contribution < -0.4 is 23.8 Å². The Morgan fingerprint density at radius 1 is 0.917 bits per heavy atom. The van der Waals surface area contributed by atoms with Crippen molar-refractivity contribution in [3.05, 3.63) is 72.3 Å². The van der Waals surface area contributed by atoms with Crippen LogP contribution in [0.2, 0.25) is 0 Å². The number of carbonyl (C=O) groups excluding carboxylic acids is 1. The lowest BCUT2D eigenvalue weighted by molar-refractivity contribution is -0.114. The number of amides is 1. The fourth-order valence-corrected chi connectivity index (χ4v) is 5.24. The number of hydrogen-bond acceptors (Lipinski definition) is 7. The first-order valence-corrected chi connectivity index (χ1v) is 14.0. The van der Waals surface area contributed by atoms with Crippen LogP contribution in [-0.4, -0.2) is 49.8 Å². The summed E-state index contributed by atoms with van der Waals surface area (Å²) in [5.41, 5.74) is 1.72. The van der Waals surface area contributed by atoms with Gasteiger partial charge in [0.1, 0.15) is 18.0 Å². The van der Waals surface area contributed by atoms with Crippen molar-refractivity contribution in [1.82, 2.24) is 0 Å².